The fourth-order valence-electron chi connectivity index (χ4n) is 5.02. The van der Waals surface area contributed by atoms with Crippen molar-refractivity contribution < 1.29 is 19.1 Å². The molecule has 0 saturated carbocycles. The molecule has 1 aromatic heterocycles. The van der Waals surface area contributed by atoms with Crippen molar-refractivity contribution in [2.75, 3.05) is 37.7 Å². The molecule has 2 saturated heterocycles. The normalized spacial score (nSPS) is 22.7. The highest BCUT2D eigenvalue weighted by molar-refractivity contribution is 7.18. The maximum atomic E-state index is 13.4. The van der Waals surface area contributed by atoms with Gasteiger partial charge >= 0.3 is 0 Å². The molecule has 0 unspecified atom stereocenters. The maximum Gasteiger partial charge on any atom is 0.228 e. The molecule has 0 spiro atoms. The number of nitrogens with zero attached hydrogens (tertiary/aromatic N) is 3. The van der Waals surface area contributed by atoms with Gasteiger partial charge in [-0.25, -0.2) is 4.98 Å². The third-order valence-corrected chi connectivity index (χ3v) is 7.90. The van der Waals surface area contributed by atoms with E-state index in [-0.39, 0.29) is 30.1 Å². The van der Waals surface area contributed by atoms with Crippen LogP contribution in [0.25, 0.3) is 10.2 Å². The molecule has 2 atom stereocenters. The zero-order valence-corrected chi connectivity index (χ0v) is 19.1. The lowest BCUT2D eigenvalue weighted by Crippen LogP contribution is -2.43. The summed E-state index contributed by atoms with van der Waals surface area (Å²) >= 11 is 1.73. The Morgan fingerprint density at radius 1 is 1.06 bits per heavy atom. The van der Waals surface area contributed by atoms with Crippen molar-refractivity contribution in [3.63, 3.8) is 0 Å². The first-order valence-corrected chi connectivity index (χ1v) is 12.3. The number of likely N-dealkylation sites (tertiary alicyclic amines) is 1. The molecule has 170 valence electrons. The number of amides is 2. The number of benzene rings is 2. The second kappa shape index (κ2) is 8.33. The van der Waals surface area contributed by atoms with E-state index >= 15 is 0 Å². The van der Waals surface area contributed by atoms with Crippen LogP contribution in [0.4, 0.5) is 5.69 Å². The minimum atomic E-state index is -0.320. The van der Waals surface area contributed by atoms with Gasteiger partial charge < -0.3 is 19.3 Å². The highest BCUT2D eigenvalue weighted by Gasteiger charge is 2.39. The zero-order valence-electron chi connectivity index (χ0n) is 18.2. The number of carbonyl (C=O) groups is 2. The van der Waals surface area contributed by atoms with E-state index in [0.717, 1.165) is 35.6 Å². The van der Waals surface area contributed by atoms with Crippen LogP contribution in [0.2, 0.25) is 0 Å². The topological polar surface area (TPSA) is 72.0 Å². The number of para-hydroxylation sites is 1. The van der Waals surface area contributed by atoms with Crippen molar-refractivity contribution in [2.24, 2.45) is 5.92 Å². The van der Waals surface area contributed by atoms with Crippen LogP contribution >= 0.6 is 11.3 Å². The fraction of sp³-hybridized carbons (Fsp3) is 0.400. The molecule has 33 heavy (non-hydrogen) atoms. The minimum Gasteiger partial charge on any atom is -0.486 e. The summed E-state index contributed by atoms with van der Waals surface area (Å²) < 4.78 is 12.4. The van der Waals surface area contributed by atoms with Crippen LogP contribution in [0, 0.1) is 5.92 Å². The van der Waals surface area contributed by atoms with Crippen LogP contribution in [-0.2, 0) is 9.59 Å². The number of ether oxygens (including phenoxy) is 2. The van der Waals surface area contributed by atoms with Gasteiger partial charge in [-0.15, -0.1) is 11.3 Å². The second-order valence-corrected chi connectivity index (χ2v) is 9.94. The van der Waals surface area contributed by atoms with E-state index in [4.69, 9.17) is 14.5 Å². The van der Waals surface area contributed by atoms with E-state index in [1.807, 2.05) is 41.3 Å². The summed E-state index contributed by atoms with van der Waals surface area (Å²) in [6.07, 6.45) is 2.24. The number of thiazole rings is 1. The second-order valence-electron chi connectivity index (χ2n) is 8.88. The number of piperidine rings is 1. The highest BCUT2D eigenvalue weighted by atomic mass is 32.1. The van der Waals surface area contributed by atoms with Gasteiger partial charge in [-0.2, -0.15) is 0 Å². The number of aromatic nitrogens is 1. The Morgan fingerprint density at radius 3 is 2.79 bits per heavy atom. The molecule has 3 aliphatic heterocycles. The van der Waals surface area contributed by atoms with Crippen molar-refractivity contribution in [1.82, 2.24) is 9.88 Å². The Balaban J connectivity index is 1.16. The molecule has 2 fully saturated rings. The molecule has 3 aliphatic rings. The summed E-state index contributed by atoms with van der Waals surface area (Å²) in [6.45, 7) is 2.84. The molecule has 4 heterocycles. The minimum absolute atomic E-state index is 0.0234. The molecular formula is C25H25N3O4S. The van der Waals surface area contributed by atoms with Crippen molar-refractivity contribution in [1.29, 1.82) is 0 Å². The summed E-state index contributed by atoms with van der Waals surface area (Å²) in [5, 5.41) is 1.11. The first-order valence-electron chi connectivity index (χ1n) is 11.5. The lowest BCUT2D eigenvalue weighted by molar-refractivity contribution is -0.137. The van der Waals surface area contributed by atoms with E-state index in [1.54, 1.807) is 16.2 Å². The molecule has 0 aliphatic carbocycles. The summed E-state index contributed by atoms with van der Waals surface area (Å²) in [4.78, 5) is 34.7. The van der Waals surface area contributed by atoms with Gasteiger partial charge in [-0.1, -0.05) is 12.1 Å². The first-order chi connectivity index (χ1) is 16.2. The van der Waals surface area contributed by atoms with Gasteiger partial charge in [0.25, 0.3) is 0 Å². The predicted octanol–water partition coefficient (Wildman–Crippen LogP) is 3.83. The van der Waals surface area contributed by atoms with Crippen LogP contribution in [0.15, 0.2) is 42.5 Å². The van der Waals surface area contributed by atoms with Gasteiger partial charge in [-0.05, 0) is 37.1 Å². The summed E-state index contributed by atoms with van der Waals surface area (Å²) in [6, 6.07) is 13.7. The van der Waals surface area contributed by atoms with Crippen LogP contribution in [-0.4, -0.2) is 54.5 Å². The summed E-state index contributed by atoms with van der Waals surface area (Å²) in [7, 11) is 0. The summed E-state index contributed by atoms with van der Waals surface area (Å²) in [5.74, 6) is 1.33. The largest absolute Gasteiger partial charge is 0.486 e. The lowest BCUT2D eigenvalue weighted by Gasteiger charge is -2.33. The Bertz CT molecular complexity index is 1190. The third kappa shape index (κ3) is 3.82. The SMILES string of the molecule is O=C([C@H]1CC(=O)N(c2ccc3c(c2)OCCO3)C1)N1CCC[C@@H](c2nc3ccccc3s2)C1. The zero-order chi connectivity index (χ0) is 22.4. The lowest BCUT2D eigenvalue weighted by atomic mass is 9.96. The highest BCUT2D eigenvalue weighted by Crippen LogP contribution is 2.37. The Hall–Kier alpha value is -3.13. The number of hydrogen-bond acceptors (Lipinski definition) is 6. The van der Waals surface area contributed by atoms with Crippen molar-refractivity contribution >= 4 is 39.1 Å². The van der Waals surface area contributed by atoms with E-state index in [1.165, 1.54) is 4.70 Å². The molecular weight excluding hydrogens is 438 g/mol. The average Bonchev–Trinajstić information content (AvgIpc) is 3.47. The van der Waals surface area contributed by atoms with Gasteiger partial charge in [-0.3, -0.25) is 9.59 Å². The van der Waals surface area contributed by atoms with Gasteiger partial charge in [0.1, 0.15) is 13.2 Å². The number of carbonyl (C=O) groups excluding carboxylic acids is 2. The Morgan fingerprint density at radius 2 is 1.91 bits per heavy atom. The van der Waals surface area contributed by atoms with Crippen molar-refractivity contribution in [3.8, 4) is 11.5 Å². The molecule has 2 aromatic carbocycles. The van der Waals surface area contributed by atoms with E-state index in [2.05, 4.69) is 6.07 Å². The third-order valence-electron chi connectivity index (χ3n) is 6.70. The average molecular weight is 464 g/mol. The van der Waals surface area contributed by atoms with Gasteiger partial charge in [0, 0.05) is 43.7 Å². The first kappa shape index (κ1) is 20.5. The number of fused-ring (bicyclic) bond motifs is 2. The number of rotatable bonds is 3. The fourth-order valence-corrected chi connectivity index (χ4v) is 6.12. The molecule has 8 heteroatoms. The van der Waals surface area contributed by atoms with Crippen LogP contribution in [0.5, 0.6) is 11.5 Å². The van der Waals surface area contributed by atoms with Gasteiger partial charge in [0.15, 0.2) is 11.5 Å². The van der Waals surface area contributed by atoms with Crippen LogP contribution in [0.3, 0.4) is 0 Å². The molecule has 0 bridgehead atoms. The monoisotopic (exact) mass is 463 g/mol. The Kier molecular flexibility index (Phi) is 5.17. The molecule has 7 nitrogen and oxygen atoms in total. The number of anilines is 1. The molecule has 3 aromatic rings. The predicted molar refractivity (Wildman–Crippen MR) is 126 cm³/mol. The van der Waals surface area contributed by atoms with Crippen molar-refractivity contribution in [3.05, 3.63) is 47.5 Å². The molecule has 0 N–H and O–H groups in total. The van der Waals surface area contributed by atoms with E-state index < -0.39 is 0 Å². The van der Waals surface area contributed by atoms with E-state index in [9.17, 15) is 9.59 Å². The van der Waals surface area contributed by atoms with Crippen LogP contribution < -0.4 is 14.4 Å². The quantitative estimate of drug-likeness (QED) is 0.590. The number of hydrogen-bond donors (Lipinski definition) is 0. The molecule has 0 radical (unpaired) electrons. The molecule has 6 rings (SSSR count). The van der Waals surface area contributed by atoms with Crippen molar-refractivity contribution in [2.45, 2.75) is 25.2 Å². The van der Waals surface area contributed by atoms with Gasteiger partial charge in [0.2, 0.25) is 11.8 Å². The van der Waals surface area contributed by atoms with E-state index in [0.29, 0.717) is 37.8 Å². The standard InChI is InChI=1S/C25H25N3O4S/c29-23-12-17(15-28(23)18-7-8-20-21(13-18)32-11-10-31-20)25(30)27-9-3-4-16(14-27)24-26-19-5-1-2-6-22(19)33-24/h1-2,5-8,13,16-17H,3-4,9-12,14-15H2/t16-,17+/m1/s1. The summed E-state index contributed by atoms with van der Waals surface area (Å²) in [5.41, 5.74) is 1.78. The maximum absolute atomic E-state index is 13.4. The molecule has 2 amide bonds. The van der Waals surface area contributed by atoms with Gasteiger partial charge in [0.05, 0.1) is 21.1 Å². The van der Waals surface area contributed by atoms with Crippen LogP contribution in [0.1, 0.15) is 30.2 Å². The smallest absolute Gasteiger partial charge is 0.228 e. The Labute approximate surface area is 195 Å².